The largest absolute Gasteiger partial charge is 0.497 e. The maximum atomic E-state index is 14.5. The fourth-order valence-electron chi connectivity index (χ4n) is 7.38. The van der Waals surface area contributed by atoms with Gasteiger partial charge in [0.1, 0.15) is 28.7 Å². The lowest BCUT2D eigenvalue weighted by molar-refractivity contribution is -0.133. The Kier molecular flexibility index (Phi) is 5.23. The summed E-state index contributed by atoms with van der Waals surface area (Å²) in [6.07, 6.45) is 1.64. The Balaban J connectivity index is 1.60. The standard InChI is InChI=1S/C32H32N2O6/c1-30-15-8-16-34(30)29(35)25-26(19-9-6-5-7-10-19)32(20-11-13-21(37-2)14-12-20)31(36,28(25)33-30)27-23(39-4)17-22(38-3)18-24(27)40-32/h5-7,9-14,17-18,26,33,36H,8,15-16H2,1-4H3/t26-,30+,31+,32+/m1/s1. The molecule has 0 saturated carbocycles. The Hall–Kier alpha value is -4.17. The lowest BCUT2D eigenvalue weighted by Crippen LogP contribution is -2.61. The van der Waals surface area contributed by atoms with Crippen LogP contribution in [0.4, 0.5) is 0 Å². The van der Waals surface area contributed by atoms with Crippen molar-refractivity contribution in [3.8, 4) is 23.0 Å². The third-order valence-electron chi connectivity index (χ3n) is 9.15. The van der Waals surface area contributed by atoms with Gasteiger partial charge in [0, 0.05) is 24.2 Å². The van der Waals surface area contributed by atoms with E-state index in [1.807, 2.05) is 66.4 Å². The molecule has 206 valence electrons. The summed E-state index contributed by atoms with van der Waals surface area (Å²) >= 11 is 0. The minimum Gasteiger partial charge on any atom is -0.497 e. The van der Waals surface area contributed by atoms with Gasteiger partial charge in [0.05, 0.1) is 44.1 Å². The Morgan fingerprint density at radius 3 is 2.38 bits per heavy atom. The maximum Gasteiger partial charge on any atom is 0.254 e. The Bertz CT molecular complexity index is 1550. The molecule has 3 aliphatic heterocycles. The van der Waals surface area contributed by atoms with Crippen molar-refractivity contribution in [2.24, 2.45) is 0 Å². The Morgan fingerprint density at radius 2 is 1.70 bits per heavy atom. The molecule has 0 unspecified atom stereocenters. The fraction of sp³-hybridized carbons (Fsp3) is 0.344. The van der Waals surface area contributed by atoms with Crippen LogP contribution in [0.5, 0.6) is 23.0 Å². The highest BCUT2D eigenvalue weighted by Crippen LogP contribution is 2.71. The second-order valence-corrected chi connectivity index (χ2v) is 11.1. The number of carbonyl (C=O) groups excluding carboxylic acids is 1. The van der Waals surface area contributed by atoms with Gasteiger partial charge in [0.2, 0.25) is 0 Å². The minimum atomic E-state index is -1.79. The van der Waals surface area contributed by atoms with Crippen LogP contribution in [0.2, 0.25) is 0 Å². The normalized spacial score (nSPS) is 29.7. The predicted octanol–water partition coefficient (Wildman–Crippen LogP) is 4.18. The molecule has 1 saturated heterocycles. The van der Waals surface area contributed by atoms with Crippen LogP contribution < -0.4 is 24.3 Å². The quantitative estimate of drug-likeness (QED) is 0.502. The molecular formula is C32H32N2O6. The monoisotopic (exact) mass is 540 g/mol. The van der Waals surface area contributed by atoms with Gasteiger partial charge in [-0.15, -0.1) is 0 Å². The lowest BCUT2D eigenvalue weighted by Gasteiger charge is -2.44. The number of benzene rings is 3. The molecule has 4 atom stereocenters. The summed E-state index contributed by atoms with van der Waals surface area (Å²) in [5, 5.41) is 17.1. The third-order valence-corrected chi connectivity index (χ3v) is 9.15. The molecule has 0 spiro atoms. The molecule has 0 radical (unpaired) electrons. The van der Waals surface area contributed by atoms with E-state index >= 15 is 0 Å². The first kappa shape index (κ1) is 24.8. The summed E-state index contributed by atoms with van der Waals surface area (Å²) in [6.45, 7) is 2.67. The van der Waals surface area contributed by atoms with Gasteiger partial charge in [-0.05, 0) is 37.5 Å². The molecule has 1 fully saturated rings. The smallest absolute Gasteiger partial charge is 0.254 e. The highest BCUT2D eigenvalue weighted by molar-refractivity contribution is 6.00. The number of nitrogens with zero attached hydrogens (tertiary/aromatic N) is 1. The number of fused-ring (bicyclic) bond motifs is 5. The van der Waals surface area contributed by atoms with E-state index in [1.165, 1.54) is 0 Å². The molecule has 2 N–H and O–H groups in total. The summed E-state index contributed by atoms with van der Waals surface area (Å²) in [5.74, 6) is 1.34. The number of rotatable bonds is 5. The zero-order valence-corrected chi connectivity index (χ0v) is 23.0. The van der Waals surface area contributed by atoms with Gasteiger partial charge in [-0.1, -0.05) is 42.5 Å². The van der Waals surface area contributed by atoms with Gasteiger partial charge in [0.25, 0.3) is 5.91 Å². The van der Waals surface area contributed by atoms with Crippen LogP contribution in [0, 0.1) is 0 Å². The highest BCUT2D eigenvalue weighted by atomic mass is 16.5. The SMILES string of the molecule is COc1ccc([C@@]23Oc4cc(OC)cc(OC)c4[C@]2(O)C2=C(C(=O)N4CCC[C@@]4(C)N2)[C@H]3c2ccccc2)cc1. The van der Waals surface area contributed by atoms with E-state index in [1.54, 1.807) is 33.5 Å². The van der Waals surface area contributed by atoms with Crippen molar-refractivity contribution in [3.63, 3.8) is 0 Å². The van der Waals surface area contributed by atoms with E-state index < -0.39 is 22.8 Å². The van der Waals surface area contributed by atoms with Gasteiger partial charge >= 0.3 is 0 Å². The molecule has 3 heterocycles. The van der Waals surface area contributed by atoms with Gasteiger partial charge in [-0.2, -0.15) is 0 Å². The molecule has 40 heavy (non-hydrogen) atoms. The number of amides is 1. The van der Waals surface area contributed by atoms with Crippen LogP contribution in [0.25, 0.3) is 0 Å². The summed E-state index contributed by atoms with van der Waals surface area (Å²) in [7, 11) is 4.75. The number of methoxy groups -OCH3 is 3. The molecule has 7 rings (SSSR count). The summed E-state index contributed by atoms with van der Waals surface area (Å²) in [4.78, 5) is 16.4. The summed E-state index contributed by atoms with van der Waals surface area (Å²) in [6, 6.07) is 20.8. The number of hydrogen-bond donors (Lipinski definition) is 2. The van der Waals surface area contributed by atoms with Crippen LogP contribution in [-0.2, 0) is 16.0 Å². The number of carbonyl (C=O) groups is 1. The second kappa shape index (κ2) is 8.41. The van der Waals surface area contributed by atoms with E-state index in [-0.39, 0.29) is 5.91 Å². The molecule has 3 aromatic rings. The molecule has 4 aliphatic rings. The van der Waals surface area contributed by atoms with Crippen molar-refractivity contribution in [2.45, 2.75) is 42.5 Å². The van der Waals surface area contributed by atoms with E-state index in [0.29, 0.717) is 51.9 Å². The second-order valence-electron chi connectivity index (χ2n) is 11.1. The third kappa shape index (κ3) is 2.92. The van der Waals surface area contributed by atoms with Crippen molar-refractivity contribution >= 4 is 5.91 Å². The first-order valence-corrected chi connectivity index (χ1v) is 13.5. The molecule has 0 bridgehead atoms. The van der Waals surface area contributed by atoms with Crippen molar-refractivity contribution in [3.05, 3.63) is 94.7 Å². The summed E-state index contributed by atoms with van der Waals surface area (Å²) in [5.41, 5.74) is -0.866. The number of nitrogens with one attached hydrogen (secondary N) is 1. The number of hydrogen-bond acceptors (Lipinski definition) is 7. The van der Waals surface area contributed by atoms with Gasteiger partial charge in [0.15, 0.2) is 11.2 Å². The van der Waals surface area contributed by atoms with Crippen molar-refractivity contribution in [2.75, 3.05) is 27.9 Å². The van der Waals surface area contributed by atoms with E-state index in [0.717, 1.165) is 18.4 Å². The average molecular weight is 541 g/mol. The molecule has 8 heteroatoms. The minimum absolute atomic E-state index is 0.0871. The van der Waals surface area contributed by atoms with Crippen LogP contribution in [0.1, 0.15) is 42.4 Å². The lowest BCUT2D eigenvalue weighted by atomic mass is 9.69. The van der Waals surface area contributed by atoms with Crippen LogP contribution in [-0.4, -0.2) is 49.5 Å². The van der Waals surface area contributed by atoms with E-state index in [9.17, 15) is 9.90 Å². The Morgan fingerprint density at radius 1 is 0.975 bits per heavy atom. The molecule has 1 aliphatic carbocycles. The summed E-state index contributed by atoms with van der Waals surface area (Å²) < 4.78 is 23.9. The van der Waals surface area contributed by atoms with Crippen molar-refractivity contribution in [1.29, 1.82) is 0 Å². The van der Waals surface area contributed by atoms with E-state index in [4.69, 9.17) is 18.9 Å². The van der Waals surface area contributed by atoms with Crippen molar-refractivity contribution < 1.29 is 28.8 Å². The van der Waals surface area contributed by atoms with Crippen molar-refractivity contribution in [1.82, 2.24) is 10.2 Å². The molecular weight excluding hydrogens is 508 g/mol. The predicted molar refractivity (Wildman–Crippen MR) is 147 cm³/mol. The first-order chi connectivity index (χ1) is 19.3. The zero-order valence-electron chi connectivity index (χ0n) is 23.0. The van der Waals surface area contributed by atoms with Crippen LogP contribution in [0.15, 0.2) is 78.0 Å². The van der Waals surface area contributed by atoms with Gasteiger partial charge in [-0.25, -0.2) is 0 Å². The van der Waals surface area contributed by atoms with E-state index in [2.05, 4.69) is 5.32 Å². The zero-order chi connectivity index (χ0) is 27.9. The molecule has 3 aromatic carbocycles. The average Bonchev–Trinajstić information content (AvgIpc) is 3.57. The van der Waals surface area contributed by atoms with Gasteiger partial charge in [-0.3, -0.25) is 4.79 Å². The first-order valence-electron chi connectivity index (χ1n) is 13.5. The maximum absolute atomic E-state index is 14.5. The molecule has 8 nitrogen and oxygen atoms in total. The number of aliphatic hydroxyl groups is 1. The van der Waals surface area contributed by atoms with Crippen LogP contribution >= 0.6 is 0 Å². The fourth-order valence-corrected chi connectivity index (χ4v) is 7.38. The molecule has 0 aromatic heterocycles. The van der Waals surface area contributed by atoms with Crippen LogP contribution in [0.3, 0.4) is 0 Å². The molecule has 1 amide bonds. The topological polar surface area (TPSA) is 89.5 Å². The highest BCUT2D eigenvalue weighted by Gasteiger charge is 2.76. The van der Waals surface area contributed by atoms with Gasteiger partial charge < -0.3 is 34.3 Å². The Labute approximate surface area is 233 Å². The number of ether oxygens (including phenoxy) is 4.